The van der Waals surface area contributed by atoms with Crippen molar-refractivity contribution in [1.29, 1.82) is 0 Å². The predicted octanol–water partition coefficient (Wildman–Crippen LogP) is 0.390. The summed E-state index contributed by atoms with van der Waals surface area (Å²) in [4.78, 5) is 1.94. The Morgan fingerprint density at radius 2 is 2.00 bits per heavy atom. The Labute approximate surface area is 96.9 Å². The second-order valence-corrected chi connectivity index (χ2v) is 6.79. The molecule has 0 aromatic rings. The predicted molar refractivity (Wildman–Crippen MR) is 65.7 cm³/mol. The summed E-state index contributed by atoms with van der Waals surface area (Å²) in [5.41, 5.74) is 0. The molecule has 0 saturated carbocycles. The number of rotatable bonds is 1. The van der Waals surface area contributed by atoms with E-state index < -0.39 is 9.84 Å². The molecule has 0 bridgehead atoms. The van der Waals surface area contributed by atoms with Crippen LogP contribution in [-0.2, 0) is 9.84 Å². The third kappa shape index (κ3) is 4.34. The summed E-state index contributed by atoms with van der Waals surface area (Å²) < 4.78 is 22.7. The van der Waals surface area contributed by atoms with Gasteiger partial charge in [-0.2, -0.15) is 0 Å². The molecular weight excluding hydrogens is 232 g/mol. The second kappa shape index (κ2) is 5.12. The van der Waals surface area contributed by atoms with Crippen molar-refractivity contribution in [3.8, 4) is 0 Å². The Bertz CT molecular complexity index is 325. The lowest BCUT2D eigenvalue weighted by atomic mass is 10.4. The second-order valence-electron chi connectivity index (χ2n) is 4.10. The highest BCUT2D eigenvalue weighted by Gasteiger charge is 2.20. The highest BCUT2D eigenvalue weighted by molar-refractivity contribution is 7.91. The van der Waals surface area contributed by atoms with Crippen LogP contribution in [0.2, 0.25) is 0 Å². The molecule has 1 heterocycles. The molecule has 1 aliphatic heterocycles. The summed E-state index contributed by atoms with van der Waals surface area (Å²) in [5, 5.41) is 3.80. The molecule has 1 saturated heterocycles. The van der Waals surface area contributed by atoms with Crippen LogP contribution in [0, 0.1) is 0 Å². The number of nitrogens with one attached hydrogen (secondary N) is 1. The number of sulfone groups is 1. The molecule has 1 fully saturated rings. The van der Waals surface area contributed by atoms with Gasteiger partial charge in [0.1, 0.15) is 0 Å². The van der Waals surface area contributed by atoms with E-state index in [0.29, 0.717) is 18.1 Å². The Kier molecular flexibility index (Phi) is 4.33. The molecule has 1 aliphatic rings. The molecule has 0 aliphatic carbocycles. The van der Waals surface area contributed by atoms with E-state index in [1.54, 1.807) is 0 Å². The Hall–Kier alpha value is -0.360. The van der Waals surface area contributed by atoms with Crippen molar-refractivity contribution in [1.82, 2.24) is 10.2 Å². The molecule has 0 aromatic heterocycles. The third-order valence-corrected chi connectivity index (χ3v) is 4.35. The molecule has 0 atom stereocenters. The van der Waals surface area contributed by atoms with Gasteiger partial charge in [0.2, 0.25) is 0 Å². The van der Waals surface area contributed by atoms with Crippen molar-refractivity contribution in [2.75, 3.05) is 24.6 Å². The monoisotopic (exact) mass is 250 g/mol. The molecule has 1 N–H and O–H groups in total. The molecular formula is C9H18N2O2S2. The van der Waals surface area contributed by atoms with Gasteiger partial charge >= 0.3 is 0 Å². The Balaban J connectivity index is 2.54. The van der Waals surface area contributed by atoms with Crippen LogP contribution in [-0.4, -0.2) is 49.1 Å². The van der Waals surface area contributed by atoms with Gasteiger partial charge in [-0.25, -0.2) is 8.42 Å². The minimum Gasteiger partial charge on any atom is -0.360 e. The molecule has 0 spiro atoms. The number of hydrogen-bond acceptors (Lipinski definition) is 3. The van der Waals surface area contributed by atoms with E-state index in [4.69, 9.17) is 12.2 Å². The molecule has 0 unspecified atom stereocenters. The highest BCUT2D eigenvalue weighted by Crippen LogP contribution is 2.05. The standard InChI is InChI=1S/C9H18N2O2S2/c1-8(2)10-9(14)11-4-3-6-15(12,13)7-5-11/h8H,3-7H2,1-2H3,(H,10,14). The zero-order valence-corrected chi connectivity index (χ0v) is 10.8. The van der Waals surface area contributed by atoms with Crippen molar-refractivity contribution >= 4 is 27.2 Å². The van der Waals surface area contributed by atoms with Crippen LogP contribution in [0.4, 0.5) is 0 Å². The number of nitrogens with zero attached hydrogens (tertiary/aromatic N) is 1. The van der Waals surface area contributed by atoms with E-state index >= 15 is 0 Å². The Morgan fingerprint density at radius 3 is 2.60 bits per heavy atom. The van der Waals surface area contributed by atoms with E-state index in [-0.39, 0.29) is 17.5 Å². The van der Waals surface area contributed by atoms with Crippen molar-refractivity contribution < 1.29 is 8.42 Å². The van der Waals surface area contributed by atoms with Gasteiger partial charge in [0.25, 0.3) is 0 Å². The summed E-state index contributed by atoms with van der Waals surface area (Å²) in [5.74, 6) is 0.501. The van der Waals surface area contributed by atoms with E-state index in [2.05, 4.69) is 5.32 Å². The van der Waals surface area contributed by atoms with Gasteiger partial charge in [0, 0.05) is 19.1 Å². The largest absolute Gasteiger partial charge is 0.360 e. The molecule has 15 heavy (non-hydrogen) atoms. The minimum atomic E-state index is -2.84. The van der Waals surface area contributed by atoms with Gasteiger partial charge in [0.05, 0.1) is 11.5 Å². The van der Waals surface area contributed by atoms with E-state index in [9.17, 15) is 8.42 Å². The molecule has 88 valence electrons. The first-order valence-corrected chi connectivity index (χ1v) is 7.39. The molecule has 1 rings (SSSR count). The molecule has 0 aromatic carbocycles. The van der Waals surface area contributed by atoms with Gasteiger partial charge in [0.15, 0.2) is 14.9 Å². The lowest BCUT2D eigenvalue weighted by molar-refractivity contribution is 0.436. The minimum absolute atomic E-state index is 0.215. The highest BCUT2D eigenvalue weighted by atomic mass is 32.2. The van der Waals surface area contributed by atoms with Crippen molar-refractivity contribution in [2.24, 2.45) is 0 Å². The lowest BCUT2D eigenvalue weighted by Crippen LogP contribution is -2.43. The number of hydrogen-bond donors (Lipinski definition) is 1. The first-order chi connectivity index (χ1) is 6.91. The van der Waals surface area contributed by atoms with Gasteiger partial charge in [-0.3, -0.25) is 0 Å². The summed E-state index contributed by atoms with van der Waals surface area (Å²) in [6, 6.07) is 0.289. The average molecular weight is 250 g/mol. The first-order valence-electron chi connectivity index (χ1n) is 5.16. The van der Waals surface area contributed by atoms with Crippen LogP contribution in [0.5, 0.6) is 0 Å². The maximum absolute atomic E-state index is 11.4. The summed E-state index contributed by atoms with van der Waals surface area (Å²) in [7, 11) is -2.84. The van der Waals surface area contributed by atoms with Crippen LogP contribution in [0.25, 0.3) is 0 Å². The molecule has 4 nitrogen and oxygen atoms in total. The van der Waals surface area contributed by atoms with Gasteiger partial charge < -0.3 is 10.2 Å². The van der Waals surface area contributed by atoms with Gasteiger partial charge in [-0.15, -0.1) is 0 Å². The van der Waals surface area contributed by atoms with Crippen molar-refractivity contribution in [3.63, 3.8) is 0 Å². The van der Waals surface area contributed by atoms with Crippen LogP contribution in [0.3, 0.4) is 0 Å². The van der Waals surface area contributed by atoms with E-state index in [1.165, 1.54) is 0 Å². The fourth-order valence-corrected chi connectivity index (χ4v) is 3.17. The van der Waals surface area contributed by atoms with Gasteiger partial charge in [-0.05, 0) is 32.5 Å². The lowest BCUT2D eigenvalue weighted by Gasteiger charge is -2.24. The Morgan fingerprint density at radius 1 is 1.33 bits per heavy atom. The summed E-state index contributed by atoms with van der Waals surface area (Å²) in [6.07, 6.45) is 0.669. The summed E-state index contributed by atoms with van der Waals surface area (Å²) in [6.45, 7) is 5.28. The average Bonchev–Trinajstić information content (AvgIpc) is 2.25. The zero-order chi connectivity index (χ0) is 11.5. The van der Waals surface area contributed by atoms with E-state index in [0.717, 1.165) is 6.54 Å². The van der Waals surface area contributed by atoms with Crippen LogP contribution >= 0.6 is 12.2 Å². The smallest absolute Gasteiger partial charge is 0.169 e. The van der Waals surface area contributed by atoms with Crippen molar-refractivity contribution in [2.45, 2.75) is 26.3 Å². The fourth-order valence-electron chi connectivity index (χ4n) is 1.48. The molecule has 0 radical (unpaired) electrons. The maximum Gasteiger partial charge on any atom is 0.169 e. The molecule has 0 amide bonds. The maximum atomic E-state index is 11.4. The molecule has 6 heteroatoms. The fraction of sp³-hybridized carbons (Fsp3) is 0.889. The number of thiocarbonyl (C=S) groups is 1. The first kappa shape index (κ1) is 12.7. The van der Waals surface area contributed by atoms with E-state index in [1.807, 2.05) is 18.7 Å². The normalized spacial score (nSPS) is 21.1. The van der Waals surface area contributed by atoms with Crippen LogP contribution in [0.15, 0.2) is 0 Å². The van der Waals surface area contributed by atoms with Crippen molar-refractivity contribution in [3.05, 3.63) is 0 Å². The zero-order valence-electron chi connectivity index (χ0n) is 9.19. The third-order valence-electron chi connectivity index (χ3n) is 2.25. The quantitative estimate of drug-likeness (QED) is 0.682. The summed E-state index contributed by atoms with van der Waals surface area (Å²) >= 11 is 5.21. The SMILES string of the molecule is CC(C)NC(=S)N1CCCS(=O)(=O)CC1. The van der Waals surface area contributed by atoms with Gasteiger partial charge in [-0.1, -0.05) is 0 Å². The van der Waals surface area contributed by atoms with Crippen LogP contribution in [0.1, 0.15) is 20.3 Å². The topological polar surface area (TPSA) is 49.4 Å². The van der Waals surface area contributed by atoms with Crippen LogP contribution < -0.4 is 5.32 Å².